The van der Waals surface area contributed by atoms with Crippen LogP contribution in [0.4, 0.5) is 0 Å². The molecule has 0 aliphatic heterocycles. The van der Waals surface area contributed by atoms with Gasteiger partial charge in [-0.15, -0.1) is 12.3 Å². The van der Waals surface area contributed by atoms with Crippen molar-refractivity contribution in [3.63, 3.8) is 0 Å². The maximum absolute atomic E-state index is 6.43. The topological polar surface area (TPSA) is 9.23 Å². The van der Waals surface area contributed by atoms with Crippen molar-refractivity contribution in [1.82, 2.24) is 0 Å². The predicted octanol–water partition coefficient (Wildman–Crippen LogP) is 4.98. The second-order valence-electron chi connectivity index (χ2n) is 5.83. The standard InChI is InChI=1S/C15H30OSi/c1-8-9-10-11-12-16-17(13(2)3,14(4)5)15(6)7/h1,13-15H,9-12H2,2-7H3. The third-order valence-electron chi connectivity index (χ3n) is 3.77. The van der Waals surface area contributed by atoms with Gasteiger partial charge in [-0.1, -0.05) is 41.5 Å². The Bertz CT molecular complexity index is 216. The summed E-state index contributed by atoms with van der Waals surface area (Å²) in [5.74, 6) is 2.69. The molecule has 0 rings (SSSR count). The van der Waals surface area contributed by atoms with Crippen molar-refractivity contribution in [1.29, 1.82) is 0 Å². The minimum Gasteiger partial charge on any atom is -0.416 e. The molecule has 100 valence electrons. The van der Waals surface area contributed by atoms with Crippen LogP contribution < -0.4 is 0 Å². The molecule has 0 N–H and O–H groups in total. The smallest absolute Gasteiger partial charge is 0.200 e. The van der Waals surface area contributed by atoms with Gasteiger partial charge < -0.3 is 4.43 Å². The highest BCUT2D eigenvalue weighted by atomic mass is 28.4. The molecular formula is C15H30OSi. The Morgan fingerprint density at radius 1 is 0.941 bits per heavy atom. The van der Waals surface area contributed by atoms with Gasteiger partial charge in [0.25, 0.3) is 0 Å². The largest absolute Gasteiger partial charge is 0.416 e. The first-order valence-corrected chi connectivity index (χ1v) is 9.11. The maximum Gasteiger partial charge on any atom is 0.200 e. The Labute approximate surface area is 109 Å². The Hall–Kier alpha value is -0.263. The first kappa shape index (κ1) is 16.7. The molecule has 17 heavy (non-hydrogen) atoms. The van der Waals surface area contributed by atoms with Gasteiger partial charge in [0.05, 0.1) is 0 Å². The SMILES string of the molecule is C#CCCCCO[Si](C(C)C)(C(C)C)C(C)C. The van der Waals surface area contributed by atoms with Crippen LogP contribution in [0.25, 0.3) is 0 Å². The summed E-state index contributed by atoms with van der Waals surface area (Å²) in [7, 11) is -1.64. The van der Waals surface area contributed by atoms with Crippen LogP contribution >= 0.6 is 0 Å². The maximum atomic E-state index is 6.43. The van der Waals surface area contributed by atoms with Crippen molar-refractivity contribution >= 4 is 8.32 Å². The molecule has 0 fully saturated rings. The van der Waals surface area contributed by atoms with Crippen LogP contribution in [-0.2, 0) is 4.43 Å². The van der Waals surface area contributed by atoms with Gasteiger partial charge in [0, 0.05) is 13.0 Å². The first-order chi connectivity index (χ1) is 7.89. The highest BCUT2D eigenvalue weighted by molar-refractivity contribution is 6.77. The first-order valence-electron chi connectivity index (χ1n) is 6.97. The number of terminal acetylenes is 1. The van der Waals surface area contributed by atoms with E-state index in [4.69, 9.17) is 10.8 Å². The van der Waals surface area contributed by atoms with Crippen LogP contribution in [0, 0.1) is 12.3 Å². The molecule has 0 spiro atoms. The van der Waals surface area contributed by atoms with Crippen LogP contribution in [0.2, 0.25) is 16.6 Å². The van der Waals surface area contributed by atoms with Crippen molar-refractivity contribution < 1.29 is 4.43 Å². The molecule has 0 amide bonds. The fourth-order valence-electron chi connectivity index (χ4n) is 3.08. The summed E-state index contributed by atoms with van der Waals surface area (Å²) in [6.45, 7) is 14.9. The Kier molecular flexibility index (Phi) is 7.82. The van der Waals surface area contributed by atoms with E-state index >= 15 is 0 Å². The van der Waals surface area contributed by atoms with E-state index in [0.29, 0.717) is 16.6 Å². The highest BCUT2D eigenvalue weighted by Crippen LogP contribution is 2.42. The van der Waals surface area contributed by atoms with E-state index in [1.807, 2.05) is 0 Å². The molecule has 0 saturated carbocycles. The van der Waals surface area contributed by atoms with Crippen molar-refractivity contribution in [2.75, 3.05) is 6.61 Å². The Morgan fingerprint density at radius 2 is 1.41 bits per heavy atom. The summed E-state index contributed by atoms with van der Waals surface area (Å²) in [5.41, 5.74) is 2.03. The molecule has 0 aromatic rings. The van der Waals surface area contributed by atoms with E-state index in [-0.39, 0.29) is 0 Å². The normalized spacial score (nSPS) is 12.5. The van der Waals surface area contributed by atoms with Gasteiger partial charge in [0.1, 0.15) is 0 Å². The molecule has 0 saturated heterocycles. The molecule has 0 aromatic carbocycles. The van der Waals surface area contributed by atoms with Gasteiger partial charge in [-0.05, 0) is 29.5 Å². The summed E-state index contributed by atoms with van der Waals surface area (Å²) in [4.78, 5) is 0. The van der Waals surface area contributed by atoms with Crippen LogP contribution in [0.3, 0.4) is 0 Å². The van der Waals surface area contributed by atoms with E-state index in [1.165, 1.54) is 0 Å². The predicted molar refractivity (Wildman–Crippen MR) is 79.7 cm³/mol. The Balaban J connectivity index is 4.45. The molecule has 0 unspecified atom stereocenters. The third kappa shape index (κ3) is 4.48. The molecule has 0 aliphatic rings. The summed E-state index contributed by atoms with van der Waals surface area (Å²) in [5, 5.41) is 0. The number of hydrogen-bond acceptors (Lipinski definition) is 1. The zero-order valence-corrected chi connectivity index (χ0v) is 13.5. The molecule has 0 aromatic heterocycles. The van der Waals surface area contributed by atoms with Gasteiger partial charge >= 0.3 is 0 Å². The number of hydrogen-bond donors (Lipinski definition) is 0. The van der Waals surface area contributed by atoms with E-state index in [0.717, 1.165) is 25.9 Å². The molecule has 0 aliphatic carbocycles. The number of unbranched alkanes of at least 4 members (excludes halogenated alkanes) is 2. The molecule has 0 radical (unpaired) electrons. The average molecular weight is 254 g/mol. The molecule has 0 bridgehead atoms. The van der Waals surface area contributed by atoms with Crippen LogP contribution in [0.15, 0.2) is 0 Å². The zero-order chi connectivity index (χ0) is 13.5. The van der Waals surface area contributed by atoms with Crippen LogP contribution in [0.5, 0.6) is 0 Å². The van der Waals surface area contributed by atoms with E-state index in [1.54, 1.807) is 0 Å². The lowest BCUT2D eigenvalue weighted by Gasteiger charge is -2.42. The second kappa shape index (κ2) is 7.95. The number of rotatable bonds is 8. The average Bonchev–Trinajstić information content (AvgIpc) is 2.21. The van der Waals surface area contributed by atoms with Gasteiger partial charge in [-0.25, -0.2) is 0 Å². The minimum atomic E-state index is -1.64. The highest BCUT2D eigenvalue weighted by Gasteiger charge is 2.44. The molecular weight excluding hydrogens is 224 g/mol. The molecule has 2 heteroatoms. The van der Waals surface area contributed by atoms with Gasteiger partial charge in [-0.2, -0.15) is 0 Å². The Morgan fingerprint density at radius 3 is 1.76 bits per heavy atom. The minimum absolute atomic E-state index is 0.676. The van der Waals surface area contributed by atoms with Crippen LogP contribution in [0.1, 0.15) is 60.8 Å². The van der Waals surface area contributed by atoms with Gasteiger partial charge in [-0.3, -0.25) is 0 Å². The summed E-state index contributed by atoms with van der Waals surface area (Å²) < 4.78 is 6.43. The van der Waals surface area contributed by atoms with Crippen molar-refractivity contribution in [3.05, 3.63) is 0 Å². The molecule has 1 nitrogen and oxygen atoms in total. The quantitative estimate of drug-likeness (QED) is 0.337. The molecule has 0 atom stereocenters. The van der Waals surface area contributed by atoms with Crippen molar-refractivity contribution in [3.8, 4) is 12.3 Å². The van der Waals surface area contributed by atoms with Crippen LogP contribution in [-0.4, -0.2) is 14.9 Å². The van der Waals surface area contributed by atoms with Crippen molar-refractivity contribution in [2.24, 2.45) is 0 Å². The zero-order valence-electron chi connectivity index (χ0n) is 12.5. The van der Waals surface area contributed by atoms with E-state index < -0.39 is 8.32 Å². The lowest BCUT2D eigenvalue weighted by Crippen LogP contribution is -2.47. The van der Waals surface area contributed by atoms with E-state index in [2.05, 4.69) is 47.5 Å². The monoisotopic (exact) mass is 254 g/mol. The fraction of sp³-hybridized carbons (Fsp3) is 0.867. The lowest BCUT2D eigenvalue weighted by molar-refractivity contribution is 0.270. The second-order valence-corrected chi connectivity index (χ2v) is 11.3. The summed E-state index contributed by atoms with van der Waals surface area (Å²) in [6, 6.07) is 0. The summed E-state index contributed by atoms with van der Waals surface area (Å²) in [6.07, 6.45) is 8.33. The lowest BCUT2D eigenvalue weighted by atomic mass is 10.2. The van der Waals surface area contributed by atoms with E-state index in [9.17, 15) is 0 Å². The fourth-order valence-corrected chi connectivity index (χ4v) is 8.58. The van der Waals surface area contributed by atoms with Gasteiger partial charge in [0.2, 0.25) is 0 Å². The van der Waals surface area contributed by atoms with Gasteiger partial charge in [0.15, 0.2) is 8.32 Å². The van der Waals surface area contributed by atoms with Crippen molar-refractivity contribution in [2.45, 2.75) is 77.4 Å². The third-order valence-corrected chi connectivity index (χ3v) is 9.89. The molecule has 0 heterocycles. The summed E-state index contributed by atoms with van der Waals surface area (Å²) >= 11 is 0.